The molecule has 196 valence electrons. The molecular formula is C30H28BrN6OS+. The van der Waals surface area contributed by atoms with Crippen LogP contribution >= 0.6 is 27.7 Å². The second-order valence-electron chi connectivity index (χ2n) is 9.39. The van der Waals surface area contributed by atoms with Crippen LogP contribution in [0.4, 0.5) is 22.9 Å². The third-order valence-corrected chi connectivity index (χ3v) is 7.86. The van der Waals surface area contributed by atoms with Crippen molar-refractivity contribution in [1.82, 2.24) is 9.97 Å². The highest BCUT2D eigenvalue weighted by molar-refractivity contribution is 9.10. The van der Waals surface area contributed by atoms with E-state index in [0.717, 1.165) is 42.5 Å². The van der Waals surface area contributed by atoms with E-state index in [9.17, 15) is 4.79 Å². The molecule has 4 N–H and O–H groups in total. The molecule has 3 aromatic carbocycles. The first-order chi connectivity index (χ1) is 18.8. The molecule has 0 saturated heterocycles. The number of nitrogens with zero attached hydrogens (tertiary/aromatic N) is 3. The molecule has 5 aromatic rings. The zero-order chi connectivity index (χ0) is 27.5. The van der Waals surface area contributed by atoms with Crippen LogP contribution in [0.5, 0.6) is 0 Å². The number of fused-ring (bicyclic) bond motifs is 1. The molecule has 39 heavy (non-hydrogen) atoms. The van der Waals surface area contributed by atoms with E-state index in [1.165, 1.54) is 0 Å². The number of H-pyrrole nitrogens is 1. The first-order valence-electron chi connectivity index (χ1n) is 12.4. The molecular weight excluding hydrogens is 572 g/mol. The second-order valence-corrected chi connectivity index (χ2v) is 11.4. The molecule has 0 bridgehead atoms. The van der Waals surface area contributed by atoms with Crippen molar-refractivity contribution in [3.8, 4) is 0 Å². The number of rotatable bonds is 7. The molecule has 0 unspecified atom stereocenters. The number of carbonyl (C=O) groups is 1. The van der Waals surface area contributed by atoms with E-state index in [2.05, 4.69) is 45.1 Å². The number of nitrogens with one attached hydrogen (secondary N) is 2. The monoisotopic (exact) mass is 599 g/mol. The Morgan fingerprint density at radius 2 is 1.77 bits per heavy atom. The van der Waals surface area contributed by atoms with Crippen molar-refractivity contribution in [2.75, 3.05) is 23.0 Å². The van der Waals surface area contributed by atoms with Gasteiger partial charge in [0.15, 0.2) is 0 Å². The number of carbonyl (C=O) groups excluding carboxylic acids is 1. The molecule has 0 aliphatic rings. The van der Waals surface area contributed by atoms with Crippen molar-refractivity contribution in [3.05, 3.63) is 101 Å². The lowest BCUT2D eigenvalue weighted by Gasteiger charge is -2.19. The highest BCUT2D eigenvalue weighted by Gasteiger charge is 2.22. The van der Waals surface area contributed by atoms with Crippen molar-refractivity contribution in [2.24, 2.45) is 0 Å². The fourth-order valence-electron chi connectivity index (χ4n) is 4.10. The summed E-state index contributed by atoms with van der Waals surface area (Å²) in [5.41, 5.74) is 10.4. The fourth-order valence-corrected chi connectivity index (χ4v) is 5.33. The Kier molecular flexibility index (Phi) is 7.81. The first-order valence-corrected chi connectivity index (χ1v) is 14.0. The fraction of sp³-hybridized carbons (Fsp3) is 0.133. The van der Waals surface area contributed by atoms with Gasteiger partial charge >= 0.3 is 0 Å². The maximum atomic E-state index is 13.2. The predicted octanol–water partition coefficient (Wildman–Crippen LogP) is 7.08. The van der Waals surface area contributed by atoms with Crippen molar-refractivity contribution >= 4 is 67.5 Å². The molecule has 0 spiro atoms. The Hall–Kier alpha value is -3.95. The summed E-state index contributed by atoms with van der Waals surface area (Å²) in [7, 11) is 1.97. The Morgan fingerprint density at radius 3 is 2.49 bits per heavy atom. The lowest BCUT2D eigenvalue weighted by molar-refractivity contribution is -0.366. The summed E-state index contributed by atoms with van der Waals surface area (Å²) in [6, 6.07) is 25.0. The molecule has 0 saturated carbocycles. The summed E-state index contributed by atoms with van der Waals surface area (Å²) in [5, 5.41) is 3.87. The normalized spacial score (nSPS) is 11.1. The van der Waals surface area contributed by atoms with E-state index in [-0.39, 0.29) is 5.91 Å². The van der Waals surface area contributed by atoms with Gasteiger partial charge in [-0.05, 0) is 84.8 Å². The van der Waals surface area contributed by atoms with Gasteiger partial charge in [0.25, 0.3) is 5.91 Å². The molecule has 9 heteroatoms. The SMILES string of the molecule is CC(C)c1ccc2c(N(C)c3cc(C(=O)Nc4ccc(Br)cc4)ccc3Sc3ccc(N)cc3)[nH+]cnc2n1. The number of amides is 1. The number of aromatic nitrogens is 3. The minimum absolute atomic E-state index is 0.192. The molecule has 2 heterocycles. The topological polar surface area (TPSA) is 98.3 Å². The van der Waals surface area contributed by atoms with Gasteiger partial charge in [-0.1, -0.05) is 46.5 Å². The lowest BCUT2D eigenvalue weighted by Crippen LogP contribution is -2.22. The van der Waals surface area contributed by atoms with Crippen LogP contribution in [0.25, 0.3) is 11.0 Å². The number of pyridine rings is 1. The van der Waals surface area contributed by atoms with Crippen LogP contribution in [-0.2, 0) is 0 Å². The minimum atomic E-state index is -0.192. The van der Waals surface area contributed by atoms with Gasteiger partial charge in [-0.3, -0.25) is 9.69 Å². The minimum Gasteiger partial charge on any atom is -0.399 e. The molecule has 2 aromatic heterocycles. The first kappa shape index (κ1) is 26.6. The van der Waals surface area contributed by atoms with Gasteiger partial charge in [-0.2, -0.15) is 0 Å². The zero-order valence-electron chi connectivity index (χ0n) is 21.8. The van der Waals surface area contributed by atoms with Crippen LogP contribution in [0.2, 0.25) is 0 Å². The maximum Gasteiger partial charge on any atom is 0.255 e. The Labute approximate surface area is 240 Å². The van der Waals surface area contributed by atoms with E-state index in [4.69, 9.17) is 10.7 Å². The Morgan fingerprint density at radius 1 is 1.03 bits per heavy atom. The summed E-state index contributed by atoms with van der Waals surface area (Å²) >= 11 is 5.04. The standard InChI is InChI=1S/C30H27BrN6OS/c1-18(2)25-14-13-24-28(36-25)33-17-34-29(24)37(3)26-16-19(30(38)35-22-9-5-20(31)6-10-22)4-15-27(26)39-23-11-7-21(32)8-12-23/h4-18H,32H2,1-3H3,(H,35,38)/p+1. The Balaban J connectivity index is 1.56. The molecule has 0 aliphatic heterocycles. The van der Waals surface area contributed by atoms with Crippen LogP contribution in [0, 0.1) is 0 Å². The summed E-state index contributed by atoms with van der Waals surface area (Å²) in [6.45, 7) is 4.23. The zero-order valence-corrected chi connectivity index (χ0v) is 24.2. The van der Waals surface area contributed by atoms with Crippen LogP contribution in [-0.4, -0.2) is 22.9 Å². The number of anilines is 4. The van der Waals surface area contributed by atoms with E-state index in [0.29, 0.717) is 22.8 Å². The van der Waals surface area contributed by atoms with E-state index >= 15 is 0 Å². The highest BCUT2D eigenvalue weighted by Crippen LogP contribution is 2.39. The average Bonchev–Trinajstić information content (AvgIpc) is 2.94. The number of aromatic amines is 1. The van der Waals surface area contributed by atoms with Gasteiger partial charge in [0.1, 0.15) is 11.1 Å². The van der Waals surface area contributed by atoms with Crippen LogP contribution in [0.3, 0.4) is 0 Å². The van der Waals surface area contributed by atoms with Crippen molar-refractivity contribution in [3.63, 3.8) is 0 Å². The second kappa shape index (κ2) is 11.4. The van der Waals surface area contributed by atoms with Gasteiger partial charge in [-0.15, -0.1) is 0 Å². The highest BCUT2D eigenvalue weighted by atomic mass is 79.9. The largest absolute Gasteiger partial charge is 0.399 e. The number of hydrogen-bond acceptors (Lipinski definition) is 6. The van der Waals surface area contributed by atoms with Crippen LogP contribution in [0.15, 0.2) is 99.5 Å². The average molecular weight is 601 g/mol. The molecule has 0 radical (unpaired) electrons. The summed E-state index contributed by atoms with van der Waals surface area (Å²) in [6.07, 6.45) is 1.65. The van der Waals surface area contributed by atoms with Gasteiger partial charge in [-0.25, -0.2) is 9.97 Å². The van der Waals surface area contributed by atoms with E-state index in [1.54, 1.807) is 18.1 Å². The number of halogens is 1. The molecule has 1 amide bonds. The summed E-state index contributed by atoms with van der Waals surface area (Å²) in [4.78, 5) is 29.8. The third-order valence-electron chi connectivity index (χ3n) is 6.26. The van der Waals surface area contributed by atoms with Crippen molar-refractivity contribution < 1.29 is 9.78 Å². The van der Waals surface area contributed by atoms with Gasteiger partial charge in [0.05, 0.1) is 11.9 Å². The smallest absolute Gasteiger partial charge is 0.255 e. The number of benzene rings is 3. The number of nitrogens with two attached hydrogens (primary N) is 1. The molecule has 7 nitrogen and oxygen atoms in total. The van der Waals surface area contributed by atoms with Crippen LogP contribution in [0.1, 0.15) is 35.8 Å². The number of hydrogen-bond donors (Lipinski definition) is 2. The third kappa shape index (κ3) is 6.05. The van der Waals surface area contributed by atoms with E-state index < -0.39 is 0 Å². The maximum absolute atomic E-state index is 13.2. The van der Waals surface area contributed by atoms with Gasteiger partial charge in [0.2, 0.25) is 17.8 Å². The van der Waals surface area contributed by atoms with Gasteiger partial charge < -0.3 is 11.1 Å². The summed E-state index contributed by atoms with van der Waals surface area (Å²) < 4.78 is 0.948. The predicted molar refractivity (Wildman–Crippen MR) is 162 cm³/mol. The summed E-state index contributed by atoms with van der Waals surface area (Å²) in [5.74, 6) is 0.931. The van der Waals surface area contributed by atoms with Crippen molar-refractivity contribution in [2.45, 2.75) is 29.6 Å². The van der Waals surface area contributed by atoms with Crippen LogP contribution < -0.4 is 20.9 Å². The molecule has 0 fully saturated rings. The molecule has 0 aliphatic carbocycles. The van der Waals surface area contributed by atoms with E-state index in [1.807, 2.05) is 90.8 Å². The Bertz CT molecular complexity index is 1640. The molecule has 5 rings (SSSR count). The molecule has 0 atom stereocenters. The van der Waals surface area contributed by atoms with Crippen molar-refractivity contribution in [1.29, 1.82) is 0 Å². The quantitative estimate of drug-likeness (QED) is 0.194. The lowest BCUT2D eigenvalue weighted by atomic mass is 10.1. The van der Waals surface area contributed by atoms with Gasteiger partial charge in [0, 0.05) is 32.0 Å². The number of nitrogen functional groups attached to an aromatic ring is 1.